The third kappa shape index (κ3) is 4.23. The molecule has 0 saturated carbocycles. The van der Waals surface area contributed by atoms with E-state index in [9.17, 15) is 18.3 Å². The number of sulfonamides is 1. The molecule has 0 saturated heterocycles. The minimum Gasteiger partial charge on any atom is -0.480 e. The van der Waals surface area contributed by atoms with Crippen molar-refractivity contribution in [3.8, 4) is 0 Å². The number of carbonyl (C=O) groups is 1. The Kier molecular flexibility index (Phi) is 5.79. The molecule has 5 nitrogen and oxygen atoms in total. The number of aryl methyl sites for hydroxylation is 1. The van der Waals surface area contributed by atoms with Crippen molar-refractivity contribution in [2.45, 2.75) is 24.3 Å². The normalized spacial score (nSPS) is 13.0. The maximum Gasteiger partial charge on any atom is 0.322 e. The van der Waals surface area contributed by atoms with Crippen LogP contribution in [0.15, 0.2) is 57.9 Å². The first kappa shape index (κ1) is 18.6. The smallest absolute Gasteiger partial charge is 0.322 e. The summed E-state index contributed by atoms with van der Waals surface area (Å²) in [7, 11) is -2.59. The second kappa shape index (κ2) is 7.46. The number of hydrogen-bond donors (Lipinski definition) is 1. The van der Waals surface area contributed by atoms with E-state index in [0.717, 1.165) is 19.9 Å². The summed E-state index contributed by atoms with van der Waals surface area (Å²) in [5.41, 5.74) is 1.68. The van der Waals surface area contributed by atoms with Crippen molar-refractivity contribution in [3.63, 3.8) is 0 Å². The maximum absolute atomic E-state index is 12.7. The van der Waals surface area contributed by atoms with Crippen LogP contribution in [0.5, 0.6) is 0 Å². The maximum atomic E-state index is 12.7. The largest absolute Gasteiger partial charge is 0.480 e. The Labute approximate surface area is 150 Å². The third-order valence-corrected chi connectivity index (χ3v) is 6.17. The molecule has 0 unspecified atom stereocenters. The highest BCUT2D eigenvalue weighted by atomic mass is 79.9. The summed E-state index contributed by atoms with van der Waals surface area (Å²) in [6.07, 6.45) is 0.0875. The van der Waals surface area contributed by atoms with Crippen LogP contribution in [0.4, 0.5) is 0 Å². The van der Waals surface area contributed by atoms with E-state index in [1.165, 1.54) is 19.2 Å². The SMILES string of the molecule is Cc1ccc(S(=O)(=O)N(C)[C@H](Cc2ccc(Br)cc2)C(=O)O)cc1. The zero-order valence-electron chi connectivity index (χ0n) is 13.3. The molecule has 0 heterocycles. The zero-order valence-corrected chi connectivity index (χ0v) is 15.7. The highest BCUT2D eigenvalue weighted by molar-refractivity contribution is 9.10. The lowest BCUT2D eigenvalue weighted by molar-refractivity contribution is -0.141. The fourth-order valence-electron chi connectivity index (χ4n) is 2.26. The lowest BCUT2D eigenvalue weighted by atomic mass is 10.1. The Balaban J connectivity index is 2.31. The van der Waals surface area contributed by atoms with Crippen molar-refractivity contribution >= 4 is 31.9 Å². The molecule has 128 valence electrons. The summed E-state index contributed by atoms with van der Waals surface area (Å²) >= 11 is 3.32. The summed E-state index contributed by atoms with van der Waals surface area (Å²) in [5.74, 6) is -1.18. The molecule has 2 aromatic carbocycles. The number of aliphatic carboxylic acids is 1. The lowest BCUT2D eigenvalue weighted by Crippen LogP contribution is -2.43. The molecule has 1 N–H and O–H groups in total. The Bertz CT molecular complexity index is 817. The van der Waals surface area contributed by atoms with Crippen molar-refractivity contribution in [1.29, 1.82) is 0 Å². The van der Waals surface area contributed by atoms with Gasteiger partial charge in [-0.05, 0) is 43.2 Å². The predicted octanol–water partition coefficient (Wildman–Crippen LogP) is 3.07. The molecule has 7 heteroatoms. The van der Waals surface area contributed by atoms with Gasteiger partial charge in [-0.1, -0.05) is 45.8 Å². The van der Waals surface area contributed by atoms with E-state index >= 15 is 0 Å². The quantitative estimate of drug-likeness (QED) is 0.792. The van der Waals surface area contributed by atoms with Gasteiger partial charge in [0.2, 0.25) is 10.0 Å². The van der Waals surface area contributed by atoms with Gasteiger partial charge in [0, 0.05) is 11.5 Å². The molecular formula is C17H18BrNO4S. The second-order valence-electron chi connectivity index (χ2n) is 5.52. The number of hydrogen-bond acceptors (Lipinski definition) is 3. The van der Waals surface area contributed by atoms with Gasteiger partial charge in [-0.15, -0.1) is 0 Å². The van der Waals surface area contributed by atoms with Crippen molar-refractivity contribution in [2.24, 2.45) is 0 Å². The summed E-state index contributed by atoms with van der Waals surface area (Å²) in [6.45, 7) is 1.85. The van der Waals surface area contributed by atoms with Gasteiger partial charge >= 0.3 is 5.97 Å². The Hall–Kier alpha value is -1.70. The Morgan fingerprint density at radius 2 is 1.67 bits per heavy atom. The molecule has 2 aromatic rings. The van der Waals surface area contributed by atoms with Crippen LogP contribution in [-0.2, 0) is 21.2 Å². The van der Waals surface area contributed by atoms with Crippen LogP contribution < -0.4 is 0 Å². The van der Waals surface area contributed by atoms with E-state index in [0.29, 0.717) is 0 Å². The monoisotopic (exact) mass is 411 g/mol. The molecule has 0 aliphatic carbocycles. The summed E-state index contributed by atoms with van der Waals surface area (Å²) in [5, 5.41) is 9.50. The number of nitrogens with zero attached hydrogens (tertiary/aromatic N) is 1. The lowest BCUT2D eigenvalue weighted by Gasteiger charge is -2.24. The van der Waals surface area contributed by atoms with Crippen LogP contribution in [0.2, 0.25) is 0 Å². The summed E-state index contributed by atoms with van der Waals surface area (Å²) < 4.78 is 27.2. The first-order valence-corrected chi connectivity index (χ1v) is 9.47. The van der Waals surface area contributed by atoms with E-state index in [4.69, 9.17) is 0 Å². The van der Waals surface area contributed by atoms with Gasteiger partial charge in [0.05, 0.1) is 4.90 Å². The van der Waals surface area contributed by atoms with Crippen LogP contribution >= 0.6 is 15.9 Å². The van der Waals surface area contributed by atoms with Gasteiger partial charge in [0.25, 0.3) is 0 Å². The van der Waals surface area contributed by atoms with E-state index in [-0.39, 0.29) is 11.3 Å². The number of rotatable bonds is 6. The predicted molar refractivity (Wildman–Crippen MR) is 95.4 cm³/mol. The fraction of sp³-hybridized carbons (Fsp3) is 0.235. The van der Waals surface area contributed by atoms with E-state index in [2.05, 4.69) is 15.9 Å². The molecule has 0 amide bonds. The van der Waals surface area contributed by atoms with Crippen LogP contribution in [-0.4, -0.2) is 36.9 Å². The number of carboxylic acids is 1. The Morgan fingerprint density at radius 3 is 2.17 bits per heavy atom. The molecule has 0 fully saturated rings. The zero-order chi connectivity index (χ0) is 17.9. The van der Waals surface area contributed by atoms with Crippen LogP contribution in [0.1, 0.15) is 11.1 Å². The van der Waals surface area contributed by atoms with Gasteiger partial charge in [0.15, 0.2) is 0 Å². The molecule has 1 atom stereocenters. The number of benzene rings is 2. The molecule has 0 spiro atoms. The highest BCUT2D eigenvalue weighted by Crippen LogP contribution is 2.20. The average Bonchev–Trinajstić information content (AvgIpc) is 2.53. The fourth-order valence-corrected chi connectivity index (χ4v) is 3.84. The van der Waals surface area contributed by atoms with Crippen molar-refractivity contribution in [1.82, 2.24) is 4.31 Å². The van der Waals surface area contributed by atoms with Gasteiger partial charge < -0.3 is 5.11 Å². The molecule has 24 heavy (non-hydrogen) atoms. The van der Waals surface area contributed by atoms with Gasteiger partial charge in [0.1, 0.15) is 6.04 Å². The average molecular weight is 412 g/mol. The van der Waals surface area contributed by atoms with Crippen LogP contribution in [0.25, 0.3) is 0 Å². The molecule has 0 aliphatic rings. The highest BCUT2D eigenvalue weighted by Gasteiger charge is 2.32. The van der Waals surface area contributed by atoms with E-state index in [1.54, 1.807) is 36.4 Å². The van der Waals surface area contributed by atoms with Crippen LogP contribution in [0, 0.1) is 6.92 Å². The number of halogens is 1. The van der Waals surface area contributed by atoms with Crippen molar-refractivity contribution in [2.75, 3.05) is 7.05 Å². The third-order valence-electron chi connectivity index (χ3n) is 3.76. The summed E-state index contributed by atoms with van der Waals surface area (Å²) in [6, 6.07) is 12.3. The van der Waals surface area contributed by atoms with Gasteiger partial charge in [-0.25, -0.2) is 8.42 Å². The van der Waals surface area contributed by atoms with Crippen molar-refractivity contribution < 1.29 is 18.3 Å². The molecule has 0 aliphatic heterocycles. The van der Waals surface area contributed by atoms with Crippen LogP contribution in [0.3, 0.4) is 0 Å². The van der Waals surface area contributed by atoms with E-state index < -0.39 is 22.0 Å². The molecule has 0 bridgehead atoms. The number of likely N-dealkylation sites (N-methyl/N-ethyl adjacent to an activating group) is 1. The molecule has 0 aromatic heterocycles. The first-order chi connectivity index (χ1) is 11.2. The summed E-state index contributed by atoms with van der Waals surface area (Å²) in [4.78, 5) is 11.7. The minimum atomic E-state index is -3.89. The topological polar surface area (TPSA) is 74.7 Å². The second-order valence-corrected chi connectivity index (χ2v) is 8.43. The van der Waals surface area contributed by atoms with Gasteiger partial charge in [-0.3, -0.25) is 4.79 Å². The molecule has 2 rings (SSSR count). The van der Waals surface area contributed by atoms with E-state index in [1.807, 2.05) is 6.92 Å². The number of carboxylic acid groups (broad SMARTS) is 1. The standard InChI is InChI=1S/C17H18BrNO4S/c1-12-3-9-15(10-4-12)24(22,23)19(2)16(17(20)21)11-13-5-7-14(18)8-6-13/h3-10,16H,11H2,1-2H3,(H,20,21)/t16-/m1/s1. The first-order valence-electron chi connectivity index (χ1n) is 7.24. The molecule has 0 radical (unpaired) electrons. The Morgan fingerprint density at radius 1 is 1.12 bits per heavy atom. The minimum absolute atomic E-state index is 0.0812. The van der Waals surface area contributed by atoms with Gasteiger partial charge in [-0.2, -0.15) is 4.31 Å². The van der Waals surface area contributed by atoms with Crippen molar-refractivity contribution in [3.05, 3.63) is 64.1 Å². The molecular weight excluding hydrogens is 394 g/mol.